The van der Waals surface area contributed by atoms with Crippen LogP contribution in [0, 0.1) is 6.92 Å². The Labute approximate surface area is 65.8 Å². The van der Waals surface area contributed by atoms with Crippen LogP contribution in [0.3, 0.4) is 0 Å². The molecule has 12 heavy (non-hydrogen) atoms. The van der Waals surface area contributed by atoms with Crippen LogP contribution in [-0.2, 0) is 12.8 Å². The summed E-state index contributed by atoms with van der Waals surface area (Å²) in [5.74, 6) is -0.151. The van der Waals surface area contributed by atoms with Crippen LogP contribution in [0.5, 0.6) is 0 Å². The molecule has 0 fully saturated rings. The first-order chi connectivity index (χ1) is 5.46. The van der Waals surface area contributed by atoms with Gasteiger partial charge in [-0.2, -0.15) is 13.2 Å². The minimum atomic E-state index is -4.51. The molecule has 68 valence electrons. The molecular weight excluding hydrogens is 175 g/mol. The van der Waals surface area contributed by atoms with Gasteiger partial charge in [0.1, 0.15) is 6.61 Å². The second kappa shape index (κ2) is 2.78. The predicted molar refractivity (Wildman–Crippen MR) is 32.2 cm³/mol. The third kappa shape index (κ3) is 1.42. The molecule has 1 aromatic rings. The minimum absolute atomic E-state index is 0.151. The van der Waals surface area contributed by atoms with Gasteiger partial charge >= 0.3 is 6.18 Å². The highest BCUT2D eigenvalue weighted by molar-refractivity contribution is 5.22. The number of rotatable bonds is 1. The summed E-state index contributed by atoms with van der Waals surface area (Å²) in [7, 11) is 0. The quantitative estimate of drug-likeness (QED) is 0.713. The average molecular weight is 181 g/mol. The summed E-state index contributed by atoms with van der Waals surface area (Å²) < 4.78 is 40.2. The van der Waals surface area contributed by atoms with Gasteiger partial charge in [-0.05, 0) is 6.92 Å². The van der Waals surface area contributed by atoms with Gasteiger partial charge in [0.05, 0.1) is 0 Å². The molecule has 0 aliphatic heterocycles. The Morgan fingerprint density at radius 3 is 2.33 bits per heavy atom. The summed E-state index contributed by atoms with van der Waals surface area (Å²) in [4.78, 5) is 0. The third-order valence-corrected chi connectivity index (χ3v) is 1.43. The summed E-state index contributed by atoms with van der Waals surface area (Å²) in [6.45, 7) is 0.625. The Kier molecular flexibility index (Phi) is 2.10. The number of alkyl halides is 3. The Balaban J connectivity index is 3.11. The number of nitrogens with zero attached hydrogens (tertiary/aromatic N) is 1. The van der Waals surface area contributed by atoms with E-state index in [-0.39, 0.29) is 11.3 Å². The zero-order valence-corrected chi connectivity index (χ0v) is 6.14. The van der Waals surface area contributed by atoms with Gasteiger partial charge in [-0.1, -0.05) is 5.16 Å². The first kappa shape index (κ1) is 9.05. The first-order valence-corrected chi connectivity index (χ1v) is 3.10. The molecule has 0 radical (unpaired) electrons. The van der Waals surface area contributed by atoms with Crippen LogP contribution >= 0.6 is 0 Å². The van der Waals surface area contributed by atoms with Crippen molar-refractivity contribution in [2.45, 2.75) is 19.7 Å². The Morgan fingerprint density at radius 1 is 1.50 bits per heavy atom. The van der Waals surface area contributed by atoms with E-state index in [2.05, 4.69) is 9.68 Å². The fourth-order valence-electron chi connectivity index (χ4n) is 0.782. The van der Waals surface area contributed by atoms with Crippen LogP contribution in [0.4, 0.5) is 13.2 Å². The largest absolute Gasteiger partial charge is 0.437 e. The highest BCUT2D eigenvalue weighted by atomic mass is 19.4. The highest BCUT2D eigenvalue weighted by Crippen LogP contribution is 2.31. The van der Waals surface area contributed by atoms with E-state index in [0.29, 0.717) is 0 Å². The van der Waals surface area contributed by atoms with E-state index in [1.165, 1.54) is 6.92 Å². The molecule has 0 aliphatic rings. The lowest BCUT2D eigenvalue weighted by atomic mass is 10.2. The van der Waals surface area contributed by atoms with Gasteiger partial charge in [0.15, 0.2) is 11.5 Å². The maximum atomic E-state index is 12.0. The van der Waals surface area contributed by atoms with Crippen LogP contribution < -0.4 is 0 Å². The van der Waals surface area contributed by atoms with Gasteiger partial charge in [-0.3, -0.25) is 0 Å². The Morgan fingerprint density at radius 2 is 2.08 bits per heavy atom. The van der Waals surface area contributed by atoms with E-state index in [1.807, 2.05) is 0 Å². The molecule has 1 aromatic heterocycles. The summed E-state index contributed by atoms with van der Waals surface area (Å²) in [6, 6.07) is 0. The van der Waals surface area contributed by atoms with Gasteiger partial charge in [-0.25, -0.2) is 0 Å². The molecule has 0 amide bonds. The van der Waals surface area contributed by atoms with Crippen molar-refractivity contribution in [3.63, 3.8) is 0 Å². The molecule has 0 aromatic carbocycles. The number of aliphatic hydroxyl groups excluding tert-OH is 1. The van der Waals surface area contributed by atoms with Crippen LogP contribution in [0.2, 0.25) is 0 Å². The van der Waals surface area contributed by atoms with Crippen molar-refractivity contribution in [1.82, 2.24) is 5.16 Å². The second-order valence-electron chi connectivity index (χ2n) is 2.24. The lowest BCUT2D eigenvalue weighted by Crippen LogP contribution is -2.07. The van der Waals surface area contributed by atoms with Crippen molar-refractivity contribution in [2.24, 2.45) is 0 Å². The smallest absolute Gasteiger partial charge is 0.388 e. The van der Waals surface area contributed by atoms with Gasteiger partial charge < -0.3 is 9.63 Å². The molecule has 0 atom stereocenters. The molecule has 1 rings (SSSR count). The van der Waals surface area contributed by atoms with Crippen molar-refractivity contribution in [3.8, 4) is 0 Å². The van der Waals surface area contributed by atoms with Gasteiger partial charge in [0, 0.05) is 5.56 Å². The van der Waals surface area contributed by atoms with E-state index in [9.17, 15) is 13.2 Å². The zero-order chi connectivity index (χ0) is 9.35. The number of hydrogen-bond donors (Lipinski definition) is 1. The van der Waals surface area contributed by atoms with Crippen molar-refractivity contribution in [3.05, 3.63) is 17.0 Å². The Hall–Kier alpha value is -1.04. The summed E-state index contributed by atoms with van der Waals surface area (Å²) in [5.41, 5.74) is -1.24. The summed E-state index contributed by atoms with van der Waals surface area (Å²) >= 11 is 0. The van der Waals surface area contributed by atoms with Crippen LogP contribution in [0.25, 0.3) is 0 Å². The van der Waals surface area contributed by atoms with E-state index < -0.39 is 18.5 Å². The highest BCUT2D eigenvalue weighted by Gasteiger charge is 2.37. The van der Waals surface area contributed by atoms with Crippen LogP contribution in [0.15, 0.2) is 4.52 Å². The summed E-state index contributed by atoms with van der Waals surface area (Å²) in [5, 5.41) is 11.3. The van der Waals surface area contributed by atoms with Crippen LogP contribution in [-0.4, -0.2) is 10.3 Å². The molecule has 0 unspecified atom stereocenters. The first-order valence-electron chi connectivity index (χ1n) is 3.10. The predicted octanol–water partition coefficient (Wildman–Crippen LogP) is 1.49. The molecular formula is C6H6F3NO2. The molecule has 0 saturated carbocycles. The molecule has 6 heteroatoms. The SMILES string of the molecule is Cc1c(C(F)(F)F)noc1CO. The minimum Gasteiger partial charge on any atom is -0.388 e. The monoisotopic (exact) mass is 181 g/mol. The third-order valence-electron chi connectivity index (χ3n) is 1.43. The van der Waals surface area contributed by atoms with Crippen molar-refractivity contribution in [2.75, 3.05) is 0 Å². The maximum absolute atomic E-state index is 12.0. The van der Waals surface area contributed by atoms with Crippen LogP contribution in [0.1, 0.15) is 17.0 Å². The zero-order valence-electron chi connectivity index (χ0n) is 6.14. The fourth-order valence-corrected chi connectivity index (χ4v) is 0.782. The van der Waals surface area contributed by atoms with Gasteiger partial charge in [0.25, 0.3) is 0 Å². The number of aliphatic hydroxyl groups is 1. The fraction of sp³-hybridized carbons (Fsp3) is 0.500. The lowest BCUT2D eigenvalue weighted by Gasteiger charge is -2.00. The average Bonchev–Trinajstić information content (AvgIpc) is 2.29. The molecule has 0 bridgehead atoms. The number of aromatic nitrogens is 1. The normalized spacial score (nSPS) is 12.1. The van der Waals surface area contributed by atoms with Crippen molar-refractivity contribution in [1.29, 1.82) is 0 Å². The van der Waals surface area contributed by atoms with E-state index in [0.717, 1.165) is 0 Å². The van der Waals surface area contributed by atoms with Crippen molar-refractivity contribution >= 4 is 0 Å². The van der Waals surface area contributed by atoms with E-state index in [1.54, 1.807) is 0 Å². The lowest BCUT2D eigenvalue weighted by molar-refractivity contribution is -0.143. The molecule has 1 N–H and O–H groups in total. The van der Waals surface area contributed by atoms with Crippen molar-refractivity contribution < 1.29 is 22.8 Å². The van der Waals surface area contributed by atoms with Gasteiger partial charge in [-0.15, -0.1) is 0 Å². The molecule has 0 aliphatic carbocycles. The number of halogens is 3. The number of hydrogen-bond acceptors (Lipinski definition) is 3. The molecule has 0 saturated heterocycles. The second-order valence-corrected chi connectivity index (χ2v) is 2.24. The summed E-state index contributed by atoms with van der Waals surface area (Å²) in [6.07, 6.45) is -4.51. The molecule has 1 heterocycles. The molecule has 3 nitrogen and oxygen atoms in total. The van der Waals surface area contributed by atoms with E-state index >= 15 is 0 Å². The van der Waals surface area contributed by atoms with Gasteiger partial charge in [0.2, 0.25) is 0 Å². The molecule has 0 spiro atoms. The van der Waals surface area contributed by atoms with E-state index in [4.69, 9.17) is 5.11 Å². The standard InChI is InChI=1S/C6H6F3NO2/c1-3-4(2-11)12-10-5(3)6(7,8)9/h11H,2H2,1H3. The maximum Gasteiger partial charge on any atom is 0.437 e. The topological polar surface area (TPSA) is 46.3 Å². The Bertz CT molecular complexity index is 279.